The number of rotatable bonds is 7. The van der Waals surface area contributed by atoms with Crippen molar-refractivity contribution in [2.24, 2.45) is 0 Å². The number of nitrogens with zero attached hydrogens (tertiary/aromatic N) is 2. The highest BCUT2D eigenvalue weighted by Crippen LogP contribution is 2.49. The zero-order valence-corrected chi connectivity index (χ0v) is 36.6. The van der Waals surface area contributed by atoms with Crippen molar-refractivity contribution in [3.05, 3.63) is 266 Å². The Bertz CT molecular complexity index is 3820. The van der Waals surface area contributed by atoms with Crippen molar-refractivity contribution in [3.8, 4) is 78.0 Å². The van der Waals surface area contributed by atoms with Crippen LogP contribution in [0.2, 0.25) is 0 Å². The maximum atomic E-state index is 5.37. The van der Waals surface area contributed by atoms with Crippen molar-refractivity contribution in [3.63, 3.8) is 0 Å². The zero-order valence-electron chi connectivity index (χ0n) is 36.6. The molecule has 1 aliphatic carbocycles. The van der Waals surface area contributed by atoms with Crippen LogP contribution < -0.4 is 0 Å². The van der Waals surface area contributed by atoms with Crippen molar-refractivity contribution < 1.29 is 0 Å². The molecule has 0 fully saturated rings. The van der Waals surface area contributed by atoms with E-state index >= 15 is 0 Å². The van der Waals surface area contributed by atoms with Gasteiger partial charge >= 0.3 is 0 Å². The molecule has 0 N–H and O–H groups in total. The van der Waals surface area contributed by atoms with Gasteiger partial charge in [-0.15, -0.1) is 0 Å². The molecule has 312 valence electrons. The SMILES string of the molecule is c1ccc(-c2ccc3c(c2)c2cc(-c4ccccc4)ccc2c2nc(-c4ccc(-c5cccc(-c6ccc(-c7ccc8c(c7)C(c7ccccc7)c7ccccc7-8)cc6)c5)cc4)cnc32)cc1. The number of aromatic nitrogens is 2. The van der Waals surface area contributed by atoms with Gasteiger partial charge in [0, 0.05) is 22.3 Å². The van der Waals surface area contributed by atoms with Crippen LogP contribution in [0, 0.1) is 0 Å². The second-order valence-electron chi connectivity index (χ2n) is 17.7. The highest BCUT2D eigenvalue weighted by atomic mass is 14.8. The molecule has 13 rings (SSSR count). The highest BCUT2D eigenvalue weighted by molar-refractivity contribution is 6.24. The standard InChI is InChI=1S/C65H42N2/c1-4-13-42(14-5-1)51-32-35-57-59(38-51)60-39-52(43-15-6-2-7-16-43)33-36-58(60)65-64(57)66-41-62(67-65)47-29-27-45(28-30-47)50-20-12-19-49(37-50)44-23-25-46(26-24-44)53-31-34-55-54-21-10-11-22-56(54)63(61(55)40-53)48-17-8-3-9-18-48/h1-41,63H. The van der Waals surface area contributed by atoms with Gasteiger partial charge in [-0.05, 0) is 118 Å². The highest BCUT2D eigenvalue weighted by Gasteiger charge is 2.30. The molecule has 1 heterocycles. The Kier molecular flexibility index (Phi) is 9.28. The van der Waals surface area contributed by atoms with Gasteiger partial charge in [0.25, 0.3) is 0 Å². The van der Waals surface area contributed by atoms with Crippen molar-refractivity contribution in [1.82, 2.24) is 9.97 Å². The minimum absolute atomic E-state index is 0.230. The van der Waals surface area contributed by atoms with Crippen LogP contribution in [0.5, 0.6) is 0 Å². The molecule has 12 aromatic rings. The summed E-state index contributed by atoms with van der Waals surface area (Å²) in [5.74, 6) is 0.230. The number of hydrogen-bond acceptors (Lipinski definition) is 2. The van der Waals surface area contributed by atoms with Crippen LogP contribution >= 0.6 is 0 Å². The molecule has 1 aromatic heterocycles. The molecule has 0 radical (unpaired) electrons. The second-order valence-corrected chi connectivity index (χ2v) is 17.7. The molecule has 0 bridgehead atoms. The molecule has 67 heavy (non-hydrogen) atoms. The van der Waals surface area contributed by atoms with Gasteiger partial charge in [-0.1, -0.05) is 218 Å². The molecule has 0 saturated carbocycles. The van der Waals surface area contributed by atoms with Gasteiger partial charge in [0.15, 0.2) is 0 Å². The van der Waals surface area contributed by atoms with Gasteiger partial charge in [-0.25, -0.2) is 4.98 Å². The predicted molar refractivity (Wildman–Crippen MR) is 280 cm³/mol. The Morgan fingerprint density at radius 1 is 0.269 bits per heavy atom. The van der Waals surface area contributed by atoms with Crippen LogP contribution in [-0.4, -0.2) is 9.97 Å². The normalized spacial score (nSPS) is 12.9. The quantitative estimate of drug-likeness (QED) is 0.149. The van der Waals surface area contributed by atoms with E-state index < -0.39 is 0 Å². The minimum Gasteiger partial charge on any atom is -0.252 e. The lowest BCUT2D eigenvalue weighted by atomic mass is 9.88. The van der Waals surface area contributed by atoms with Crippen LogP contribution in [-0.2, 0) is 0 Å². The molecule has 0 amide bonds. The number of benzene rings is 11. The summed E-state index contributed by atoms with van der Waals surface area (Å²) in [5.41, 5.74) is 22.4. The molecule has 0 saturated heterocycles. The first-order valence-electron chi connectivity index (χ1n) is 23.1. The van der Waals surface area contributed by atoms with Gasteiger partial charge in [-0.3, -0.25) is 4.98 Å². The topological polar surface area (TPSA) is 25.8 Å². The monoisotopic (exact) mass is 850 g/mol. The molecule has 1 atom stereocenters. The van der Waals surface area contributed by atoms with Crippen molar-refractivity contribution in [2.45, 2.75) is 5.92 Å². The van der Waals surface area contributed by atoms with Gasteiger partial charge in [0.2, 0.25) is 0 Å². The third-order valence-electron chi connectivity index (χ3n) is 13.8. The molecular weight excluding hydrogens is 809 g/mol. The van der Waals surface area contributed by atoms with E-state index in [1.165, 1.54) is 88.7 Å². The first-order chi connectivity index (χ1) is 33.2. The minimum atomic E-state index is 0.230. The first kappa shape index (κ1) is 38.7. The molecule has 2 nitrogen and oxygen atoms in total. The molecular formula is C65H42N2. The summed E-state index contributed by atoms with van der Waals surface area (Å²) >= 11 is 0. The van der Waals surface area contributed by atoms with E-state index in [-0.39, 0.29) is 5.92 Å². The van der Waals surface area contributed by atoms with E-state index in [1.807, 2.05) is 6.20 Å². The van der Waals surface area contributed by atoms with Gasteiger partial charge in [-0.2, -0.15) is 0 Å². The summed E-state index contributed by atoms with van der Waals surface area (Å²) in [6, 6.07) is 88.1. The Morgan fingerprint density at radius 3 is 1.31 bits per heavy atom. The number of hydrogen-bond donors (Lipinski definition) is 0. The molecule has 1 unspecified atom stereocenters. The molecule has 0 spiro atoms. The van der Waals surface area contributed by atoms with Crippen molar-refractivity contribution in [1.29, 1.82) is 0 Å². The van der Waals surface area contributed by atoms with Crippen molar-refractivity contribution in [2.75, 3.05) is 0 Å². The summed E-state index contributed by atoms with van der Waals surface area (Å²) in [6.45, 7) is 0. The Balaban J connectivity index is 0.807. The van der Waals surface area contributed by atoms with Crippen LogP contribution in [0.1, 0.15) is 22.6 Å². The fourth-order valence-corrected chi connectivity index (χ4v) is 10.4. The average Bonchev–Trinajstić information content (AvgIpc) is 3.75. The van der Waals surface area contributed by atoms with Crippen LogP contribution in [0.4, 0.5) is 0 Å². The lowest BCUT2D eigenvalue weighted by Crippen LogP contribution is -1.99. The maximum absolute atomic E-state index is 5.37. The Morgan fingerprint density at radius 2 is 0.701 bits per heavy atom. The van der Waals surface area contributed by atoms with Gasteiger partial charge in [0.05, 0.1) is 22.9 Å². The predicted octanol–water partition coefficient (Wildman–Crippen LogP) is 17.1. The number of fused-ring (bicyclic) bond motifs is 9. The Hall–Kier alpha value is -8.72. The maximum Gasteiger partial charge on any atom is 0.0979 e. The zero-order chi connectivity index (χ0) is 44.3. The smallest absolute Gasteiger partial charge is 0.0979 e. The first-order valence-corrected chi connectivity index (χ1v) is 23.1. The third-order valence-corrected chi connectivity index (χ3v) is 13.8. The summed E-state index contributed by atoms with van der Waals surface area (Å²) < 4.78 is 0. The van der Waals surface area contributed by atoms with Crippen LogP contribution in [0.25, 0.3) is 111 Å². The van der Waals surface area contributed by atoms with Gasteiger partial charge in [0.1, 0.15) is 0 Å². The molecule has 2 heteroatoms. The largest absolute Gasteiger partial charge is 0.252 e. The van der Waals surface area contributed by atoms with E-state index in [0.29, 0.717) is 0 Å². The van der Waals surface area contributed by atoms with E-state index in [2.05, 4.69) is 243 Å². The summed E-state index contributed by atoms with van der Waals surface area (Å²) in [4.78, 5) is 10.5. The average molecular weight is 851 g/mol. The molecule has 1 aliphatic rings. The molecule has 11 aromatic carbocycles. The van der Waals surface area contributed by atoms with E-state index in [4.69, 9.17) is 9.97 Å². The van der Waals surface area contributed by atoms with Crippen LogP contribution in [0.3, 0.4) is 0 Å². The van der Waals surface area contributed by atoms with E-state index in [0.717, 1.165) is 38.6 Å². The van der Waals surface area contributed by atoms with Crippen LogP contribution in [0.15, 0.2) is 249 Å². The lowest BCUT2D eigenvalue weighted by molar-refractivity contribution is 1.02. The summed E-state index contributed by atoms with van der Waals surface area (Å²) in [5, 5.41) is 4.54. The summed E-state index contributed by atoms with van der Waals surface area (Å²) in [6.07, 6.45) is 1.93. The summed E-state index contributed by atoms with van der Waals surface area (Å²) in [7, 11) is 0. The van der Waals surface area contributed by atoms with Crippen molar-refractivity contribution >= 4 is 32.6 Å². The fraction of sp³-hybridized carbons (Fsp3) is 0.0154. The second kappa shape index (κ2) is 16.1. The lowest BCUT2D eigenvalue weighted by Gasteiger charge is -2.15. The Labute approximate surface area is 390 Å². The van der Waals surface area contributed by atoms with Gasteiger partial charge < -0.3 is 0 Å². The molecule has 0 aliphatic heterocycles. The fourth-order valence-electron chi connectivity index (χ4n) is 10.4. The van der Waals surface area contributed by atoms with E-state index in [1.54, 1.807) is 0 Å². The van der Waals surface area contributed by atoms with E-state index in [9.17, 15) is 0 Å². The third kappa shape index (κ3) is 6.81.